The molecule has 3 aromatic carbocycles. The number of nitrogens with zero attached hydrogens (tertiary/aromatic N) is 1. The number of carbonyl (C=O) groups is 2. The van der Waals surface area contributed by atoms with Crippen LogP contribution in [0.15, 0.2) is 83.6 Å². The first kappa shape index (κ1) is 20.3. The first-order valence-corrected chi connectivity index (χ1v) is 9.94. The molecule has 1 aliphatic carbocycles. The second kappa shape index (κ2) is 8.40. The molecule has 0 heterocycles. The second-order valence-electron chi connectivity index (χ2n) is 7.40. The molecule has 0 unspecified atom stereocenters. The van der Waals surface area contributed by atoms with Crippen molar-refractivity contribution in [1.82, 2.24) is 5.43 Å². The summed E-state index contributed by atoms with van der Waals surface area (Å²) in [5.74, 6) is -0.958. The van der Waals surface area contributed by atoms with Crippen LogP contribution in [-0.2, 0) is 9.53 Å². The van der Waals surface area contributed by atoms with Gasteiger partial charge in [0.25, 0.3) is 0 Å². The van der Waals surface area contributed by atoms with Gasteiger partial charge in [-0.25, -0.2) is 4.79 Å². The number of rotatable bonds is 5. The Balaban J connectivity index is 1.71. The van der Waals surface area contributed by atoms with Crippen LogP contribution in [0.3, 0.4) is 0 Å². The Bertz CT molecular complexity index is 1210. The number of benzene rings is 3. The van der Waals surface area contributed by atoms with E-state index in [0.29, 0.717) is 11.3 Å². The van der Waals surface area contributed by atoms with E-state index in [2.05, 4.69) is 10.5 Å². The van der Waals surface area contributed by atoms with Crippen LogP contribution in [-0.4, -0.2) is 24.6 Å². The minimum atomic E-state index is -0.665. The van der Waals surface area contributed by atoms with E-state index in [0.717, 1.165) is 33.4 Å². The summed E-state index contributed by atoms with van der Waals surface area (Å²) < 4.78 is 4.86. The van der Waals surface area contributed by atoms with Gasteiger partial charge >= 0.3 is 5.97 Å². The highest BCUT2D eigenvalue weighted by molar-refractivity contribution is 6.24. The summed E-state index contributed by atoms with van der Waals surface area (Å²) in [6.45, 7) is 3.83. The Labute approximate surface area is 181 Å². The average molecular weight is 410 g/mol. The van der Waals surface area contributed by atoms with Gasteiger partial charge in [-0.15, -0.1) is 0 Å². The maximum Gasteiger partial charge on any atom is 0.356 e. The molecule has 0 radical (unpaired) electrons. The lowest BCUT2D eigenvalue weighted by Gasteiger charge is -2.08. The lowest BCUT2D eigenvalue weighted by molar-refractivity contribution is -0.136. The van der Waals surface area contributed by atoms with Crippen molar-refractivity contribution < 1.29 is 14.3 Å². The molecule has 0 aromatic heterocycles. The monoisotopic (exact) mass is 410 g/mol. The zero-order chi connectivity index (χ0) is 22.0. The summed E-state index contributed by atoms with van der Waals surface area (Å²) in [6, 6.07) is 21.5. The summed E-state index contributed by atoms with van der Waals surface area (Å²) in [4.78, 5) is 25.2. The summed E-state index contributed by atoms with van der Waals surface area (Å²) in [5, 5.41) is 4.50. The van der Waals surface area contributed by atoms with Crippen molar-refractivity contribution in [3.05, 3.63) is 106 Å². The molecule has 5 nitrogen and oxygen atoms in total. The maximum atomic E-state index is 12.8. The molecule has 154 valence electrons. The third-order valence-corrected chi connectivity index (χ3v) is 5.27. The molecule has 5 heteroatoms. The third kappa shape index (κ3) is 3.90. The van der Waals surface area contributed by atoms with E-state index < -0.39 is 5.97 Å². The van der Waals surface area contributed by atoms with Gasteiger partial charge in [0.05, 0.1) is 12.8 Å². The Morgan fingerprint density at radius 2 is 1.45 bits per heavy atom. The fraction of sp³-hybridized carbons (Fsp3) is 0.115. The van der Waals surface area contributed by atoms with E-state index in [4.69, 9.17) is 4.74 Å². The van der Waals surface area contributed by atoms with Crippen molar-refractivity contribution in [2.75, 3.05) is 7.11 Å². The molecule has 0 spiro atoms. The highest BCUT2D eigenvalue weighted by Crippen LogP contribution is 2.36. The second-order valence-corrected chi connectivity index (χ2v) is 7.40. The van der Waals surface area contributed by atoms with Crippen molar-refractivity contribution in [3.63, 3.8) is 0 Å². The van der Waals surface area contributed by atoms with Crippen LogP contribution < -0.4 is 5.43 Å². The number of fused-ring (bicyclic) bond motifs is 3. The van der Waals surface area contributed by atoms with Crippen molar-refractivity contribution >= 4 is 17.5 Å². The Morgan fingerprint density at radius 1 is 0.871 bits per heavy atom. The minimum Gasteiger partial charge on any atom is -0.464 e. The molecule has 0 aliphatic heterocycles. The lowest BCUT2D eigenvalue weighted by atomic mass is 10.0. The van der Waals surface area contributed by atoms with Gasteiger partial charge < -0.3 is 4.74 Å². The number of hydrogen-bond donors (Lipinski definition) is 1. The van der Waals surface area contributed by atoms with Crippen molar-refractivity contribution in [2.45, 2.75) is 13.8 Å². The normalized spacial score (nSPS) is 12.1. The fourth-order valence-electron chi connectivity index (χ4n) is 3.78. The van der Waals surface area contributed by atoms with Gasteiger partial charge in [0.2, 0.25) is 0 Å². The van der Waals surface area contributed by atoms with Crippen molar-refractivity contribution in [2.24, 2.45) is 5.10 Å². The van der Waals surface area contributed by atoms with E-state index in [1.807, 2.05) is 74.5 Å². The summed E-state index contributed by atoms with van der Waals surface area (Å²) in [5.41, 5.74) is 9.97. The van der Waals surface area contributed by atoms with Gasteiger partial charge in [-0.05, 0) is 30.5 Å². The topological polar surface area (TPSA) is 67.8 Å². The zero-order valence-electron chi connectivity index (χ0n) is 17.6. The van der Waals surface area contributed by atoms with Gasteiger partial charge in [-0.1, -0.05) is 72.3 Å². The highest BCUT2D eigenvalue weighted by Gasteiger charge is 2.24. The molecule has 0 saturated heterocycles. The Morgan fingerprint density at radius 3 is 2.00 bits per heavy atom. The summed E-state index contributed by atoms with van der Waals surface area (Å²) in [7, 11) is 1.27. The fourth-order valence-corrected chi connectivity index (χ4v) is 3.78. The predicted octanol–water partition coefficient (Wildman–Crippen LogP) is 4.57. The molecule has 1 aliphatic rings. The molecular formula is C26H22N2O3. The van der Waals surface area contributed by atoms with Gasteiger partial charge in [-0.3, -0.25) is 10.2 Å². The van der Waals surface area contributed by atoms with Gasteiger partial charge in [0.15, 0.2) is 5.78 Å². The number of methoxy groups -OCH3 is 1. The quantitative estimate of drug-likeness (QED) is 0.227. The lowest BCUT2D eigenvalue weighted by Crippen LogP contribution is -2.20. The molecule has 0 bridgehead atoms. The Hall–Kier alpha value is -3.99. The van der Waals surface area contributed by atoms with E-state index in [-0.39, 0.29) is 11.5 Å². The number of hydrazone groups is 1. The largest absolute Gasteiger partial charge is 0.464 e. The number of allylic oxidation sites excluding steroid dienone is 1. The Kier molecular flexibility index (Phi) is 5.50. The van der Waals surface area contributed by atoms with E-state index >= 15 is 0 Å². The van der Waals surface area contributed by atoms with Crippen LogP contribution in [0.2, 0.25) is 0 Å². The van der Waals surface area contributed by atoms with Crippen molar-refractivity contribution in [1.29, 1.82) is 0 Å². The molecule has 4 rings (SSSR count). The number of nitrogens with one attached hydrogen (secondary N) is 1. The molecule has 31 heavy (non-hydrogen) atoms. The van der Waals surface area contributed by atoms with Gasteiger partial charge in [0.1, 0.15) is 5.70 Å². The molecule has 0 saturated carbocycles. The van der Waals surface area contributed by atoms with Crippen LogP contribution in [0, 0.1) is 13.8 Å². The van der Waals surface area contributed by atoms with E-state index in [1.54, 1.807) is 6.07 Å². The third-order valence-electron chi connectivity index (χ3n) is 5.27. The summed E-state index contributed by atoms with van der Waals surface area (Å²) in [6.07, 6.45) is 1.24. The van der Waals surface area contributed by atoms with Crippen molar-refractivity contribution in [3.8, 4) is 11.1 Å². The summed E-state index contributed by atoms with van der Waals surface area (Å²) >= 11 is 0. The smallest absolute Gasteiger partial charge is 0.356 e. The van der Waals surface area contributed by atoms with E-state index in [1.165, 1.54) is 13.2 Å². The number of carbonyl (C=O) groups excluding carboxylic acids is 2. The molecular weight excluding hydrogens is 388 g/mol. The maximum absolute atomic E-state index is 12.8. The molecule has 3 aromatic rings. The SMILES string of the molecule is COC(=O)C(=CC(=O)c1ccc(C)cc1C)NN=C1c2ccccc2-c2ccccc21. The first-order valence-electron chi connectivity index (χ1n) is 9.94. The number of ether oxygens (including phenoxy) is 1. The van der Waals surface area contributed by atoms with Crippen LogP contribution in [0.1, 0.15) is 32.6 Å². The van der Waals surface area contributed by atoms with E-state index in [9.17, 15) is 9.59 Å². The van der Waals surface area contributed by atoms with Crippen LogP contribution in [0.25, 0.3) is 11.1 Å². The van der Waals surface area contributed by atoms with Crippen LogP contribution >= 0.6 is 0 Å². The number of aryl methyl sites for hydroxylation is 2. The molecule has 0 atom stereocenters. The first-order chi connectivity index (χ1) is 15.0. The molecule has 1 N–H and O–H groups in total. The zero-order valence-corrected chi connectivity index (χ0v) is 17.6. The highest BCUT2D eigenvalue weighted by atomic mass is 16.5. The number of esters is 1. The van der Waals surface area contributed by atoms with Gasteiger partial charge in [0, 0.05) is 22.8 Å². The molecule has 0 amide bonds. The number of hydrogen-bond acceptors (Lipinski definition) is 5. The minimum absolute atomic E-state index is 0.0261. The van der Waals surface area contributed by atoms with Crippen LogP contribution in [0.5, 0.6) is 0 Å². The number of ketones is 1. The van der Waals surface area contributed by atoms with Gasteiger partial charge in [-0.2, -0.15) is 5.10 Å². The van der Waals surface area contributed by atoms with Crippen LogP contribution in [0.4, 0.5) is 0 Å². The standard InChI is InChI=1S/C26H22N2O3/c1-16-12-13-18(17(2)14-16)24(29)15-23(26(30)31-3)27-28-25-21-10-6-4-8-19(21)20-9-5-7-11-22(20)25/h4-15,27H,1-3H3. The predicted molar refractivity (Wildman–Crippen MR) is 121 cm³/mol. The molecule has 0 fully saturated rings. The average Bonchev–Trinajstić information content (AvgIpc) is 3.09.